The molecular weight excluding hydrogens is 268 g/mol. The number of halogens is 1. The monoisotopic (exact) mass is 288 g/mol. The summed E-state index contributed by atoms with van der Waals surface area (Å²) in [4.78, 5) is 4.07. The third kappa shape index (κ3) is 4.32. The molecule has 0 bridgehead atoms. The van der Waals surface area contributed by atoms with E-state index in [9.17, 15) is 0 Å². The zero-order chi connectivity index (χ0) is 14.4. The lowest BCUT2D eigenvalue weighted by atomic mass is 9.98. The molecule has 2 aromatic rings. The quantitative estimate of drug-likeness (QED) is 0.856. The van der Waals surface area contributed by atoms with Crippen LogP contribution in [0, 0.1) is 6.92 Å². The maximum Gasteiger partial charge on any atom is 0.0411 e. The standard InChI is InChI=1S/C17H21ClN2/c1-3-6-20-17(11-14-4-7-19-8-5-14)15-9-13(2)10-16(18)12-15/h4-5,7-10,12,17,20H,3,6,11H2,1-2H3. The summed E-state index contributed by atoms with van der Waals surface area (Å²) in [5, 5.41) is 4.41. The van der Waals surface area contributed by atoms with Gasteiger partial charge in [-0.15, -0.1) is 0 Å². The van der Waals surface area contributed by atoms with Gasteiger partial charge in [0.1, 0.15) is 0 Å². The number of pyridine rings is 1. The maximum absolute atomic E-state index is 6.19. The molecule has 0 saturated heterocycles. The van der Waals surface area contributed by atoms with Gasteiger partial charge < -0.3 is 5.32 Å². The van der Waals surface area contributed by atoms with Gasteiger partial charge >= 0.3 is 0 Å². The van der Waals surface area contributed by atoms with Gasteiger partial charge in [-0.1, -0.05) is 24.6 Å². The van der Waals surface area contributed by atoms with E-state index in [1.165, 1.54) is 16.7 Å². The Bertz CT molecular complexity index is 520. The summed E-state index contributed by atoms with van der Waals surface area (Å²) in [5.41, 5.74) is 3.73. The molecule has 0 aliphatic heterocycles. The second kappa shape index (κ2) is 7.41. The van der Waals surface area contributed by atoms with Gasteiger partial charge in [0.05, 0.1) is 0 Å². The lowest BCUT2D eigenvalue weighted by Gasteiger charge is -2.20. The second-order valence-corrected chi connectivity index (χ2v) is 5.56. The molecular formula is C17H21ClN2. The smallest absolute Gasteiger partial charge is 0.0411 e. The van der Waals surface area contributed by atoms with Crippen LogP contribution in [0.15, 0.2) is 42.7 Å². The summed E-state index contributed by atoms with van der Waals surface area (Å²) in [5.74, 6) is 0. The van der Waals surface area contributed by atoms with Gasteiger partial charge in [-0.05, 0) is 67.3 Å². The lowest BCUT2D eigenvalue weighted by Crippen LogP contribution is -2.24. The molecule has 2 rings (SSSR count). The number of nitrogens with one attached hydrogen (secondary N) is 1. The predicted molar refractivity (Wildman–Crippen MR) is 85.2 cm³/mol. The number of aryl methyl sites for hydroxylation is 1. The zero-order valence-electron chi connectivity index (χ0n) is 12.1. The van der Waals surface area contributed by atoms with Crippen LogP contribution >= 0.6 is 11.6 Å². The molecule has 0 aliphatic rings. The van der Waals surface area contributed by atoms with Gasteiger partial charge in [0, 0.05) is 23.5 Å². The molecule has 20 heavy (non-hydrogen) atoms. The Kier molecular flexibility index (Phi) is 5.57. The van der Waals surface area contributed by atoms with Crippen molar-refractivity contribution in [3.63, 3.8) is 0 Å². The van der Waals surface area contributed by atoms with Crippen molar-refractivity contribution in [2.75, 3.05) is 6.54 Å². The highest BCUT2D eigenvalue weighted by Gasteiger charge is 2.12. The van der Waals surface area contributed by atoms with Crippen molar-refractivity contribution in [2.24, 2.45) is 0 Å². The third-order valence-corrected chi connectivity index (χ3v) is 3.51. The summed E-state index contributed by atoms with van der Waals surface area (Å²) in [6, 6.07) is 10.7. The first-order valence-corrected chi connectivity index (χ1v) is 7.46. The fraction of sp³-hybridized carbons (Fsp3) is 0.353. The van der Waals surface area contributed by atoms with Crippen molar-refractivity contribution in [2.45, 2.75) is 32.7 Å². The van der Waals surface area contributed by atoms with E-state index in [-0.39, 0.29) is 6.04 Å². The van der Waals surface area contributed by atoms with Crippen LogP contribution in [0.2, 0.25) is 5.02 Å². The Hall–Kier alpha value is -1.38. The average molecular weight is 289 g/mol. The molecule has 1 N–H and O–H groups in total. The molecule has 0 spiro atoms. The van der Waals surface area contributed by atoms with Gasteiger partial charge in [-0.2, -0.15) is 0 Å². The predicted octanol–water partition coefficient (Wildman–Crippen LogP) is 4.33. The number of rotatable bonds is 6. The fourth-order valence-electron chi connectivity index (χ4n) is 2.35. The van der Waals surface area contributed by atoms with E-state index >= 15 is 0 Å². The van der Waals surface area contributed by atoms with Crippen molar-refractivity contribution in [3.8, 4) is 0 Å². The first-order valence-electron chi connectivity index (χ1n) is 7.08. The lowest BCUT2D eigenvalue weighted by molar-refractivity contribution is 0.529. The highest BCUT2D eigenvalue weighted by molar-refractivity contribution is 6.30. The molecule has 0 fully saturated rings. The van der Waals surface area contributed by atoms with E-state index < -0.39 is 0 Å². The van der Waals surface area contributed by atoms with Gasteiger partial charge in [0.2, 0.25) is 0 Å². The molecule has 2 nitrogen and oxygen atoms in total. The number of hydrogen-bond donors (Lipinski definition) is 1. The fourth-order valence-corrected chi connectivity index (χ4v) is 2.64. The SMILES string of the molecule is CCCNC(Cc1ccncc1)c1cc(C)cc(Cl)c1. The van der Waals surface area contributed by atoms with Gasteiger partial charge in [-0.25, -0.2) is 0 Å². The molecule has 0 saturated carbocycles. The van der Waals surface area contributed by atoms with Crippen LogP contribution in [-0.4, -0.2) is 11.5 Å². The van der Waals surface area contributed by atoms with Crippen molar-refractivity contribution < 1.29 is 0 Å². The molecule has 0 aliphatic carbocycles. The highest BCUT2D eigenvalue weighted by Crippen LogP contribution is 2.23. The molecule has 0 radical (unpaired) electrons. The van der Waals surface area contributed by atoms with Crippen LogP contribution in [0.4, 0.5) is 0 Å². The van der Waals surface area contributed by atoms with Crippen LogP contribution < -0.4 is 5.32 Å². The summed E-state index contributed by atoms with van der Waals surface area (Å²) in [7, 11) is 0. The second-order valence-electron chi connectivity index (χ2n) is 5.13. The van der Waals surface area contributed by atoms with E-state index in [4.69, 9.17) is 11.6 Å². The minimum absolute atomic E-state index is 0.287. The maximum atomic E-state index is 6.19. The minimum Gasteiger partial charge on any atom is -0.310 e. The van der Waals surface area contributed by atoms with Gasteiger partial charge in [-0.3, -0.25) is 4.98 Å². The molecule has 106 valence electrons. The van der Waals surface area contributed by atoms with E-state index in [1.54, 1.807) is 0 Å². The molecule has 3 heteroatoms. The Morgan fingerprint density at radius 2 is 1.95 bits per heavy atom. The van der Waals surface area contributed by atoms with Crippen LogP contribution in [-0.2, 0) is 6.42 Å². The molecule has 0 amide bonds. The summed E-state index contributed by atoms with van der Waals surface area (Å²) >= 11 is 6.19. The van der Waals surface area contributed by atoms with Crippen LogP contribution in [0.3, 0.4) is 0 Å². The Morgan fingerprint density at radius 3 is 2.60 bits per heavy atom. The first-order chi connectivity index (χ1) is 9.69. The Labute approximate surface area is 126 Å². The van der Waals surface area contributed by atoms with Gasteiger partial charge in [0.15, 0.2) is 0 Å². The number of nitrogens with zero attached hydrogens (tertiary/aromatic N) is 1. The van der Waals surface area contributed by atoms with Crippen LogP contribution in [0.1, 0.15) is 36.1 Å². The summed E-state index contributed by atoms with van der Waals surface area (Å²) < 4.78 is 0. The number of hydrogen-bond acceptors (Lipinski definition) is 2. The van der Waals surface area contributed by atoms with E-state index in [2.05, 4.69) is 48.4 Å². The molecule has 1 unspecified atom stereocenters. The first kappa shape index (κ1) is 15.0. The van der Waals surface area contributed by atoms with Crippen molar-refractivity contribution in [3.05, 3.63) is 64.4 Å². The number of aromatic nitrogens is 1. The van der Waals surface area contributed by atoms with Crippen molar-refractivity contribution >= 4 is 11.6 Å². The summed E-state index contributed by atoms with van der Waals surface area (Å²) in [6.45, 7) is 5.26. The van der Waals surface area contributed by atoms with E-state index in [1.807, 2.05) is 18.5 Å². The van der Waals surface area contributed by atoms with Crippen molar-refractivity contribution in [1.82, 2.24) is 10.3 Å². The van der Waals surface area contributed by atoms with E-state index in [0.29, 0.717) is 0 Å². The molecule has 1 aromatic heterocycles. The Balaban J connectivity index is 2.22. The molecule has 1 atom stereocenters. The van der Waals surface area contributed by atoms with Crippen LogP contribution in [0.25, 0.3) is 0 Å². The van der Waals surface area contributed by atoms with E-state index in [0.717, 1.165) is 24.4 Å². The minimum atomic E-state index is 0.287. The zero-order valence-corrected chi connectivity index (χ0v) is 12.8. The molecule has 1 heterocycles. The topological polar surface area (TPSA) is 24.9 Å². The third-order valence-electron chi connectivity index (χ3n) is 3.30. The largest absolute Gasteiger partial charge is 0.310 e. The Morgan fingerprint density at radius 1 is 1.20 bits per heavy atom. The molecule has 1 aromatic carbocycles. The van der Waals surface area contributed by atoms with Crippen molar-refractivity contribution in [1.29, 1.82) is 0 Å². The van der Waals surface area contributed by atoms with Crippen LogP contribution in [0.5, 0.6) is 0 Å². The summed E-state index contributed by atoms with van der Waals surface area (Å²) in [6.07, 6.45) is 5.75. The number of benzene rings is 1. The normalized spacial score (nSPS) is 12.3. The van der Waals surface area contributed by atoms with Gasteiger partial charge in [0.25, 0.3) is 0 Å². The highest BCUT2D eigenvalue weighted by atomic mass is 35.5. The average Bonchev–Trinajstić information content (AvgIpc) is 2.43.